The van der Waals surface area contributed by atoms with Gasteiger partial charge in [0, 0.05) is 16.7 Å². The van der Waals surface area contributed by atoms with Crippen molar-refractivity contribution in [1.82, 2.24) is 15.5 Å². The molecule has 1 N–H and O–H groups in total. The van der Waals surface area contributed by atoms with Crippen LogP contribution in [0.4, 0.5) is 0 Å². The van der Waals surface area contributed by atoms with E-state index in [2.05, 4.69) is 54.9 Å². The third-order valence-corrected chi connectivity index (χ3v) is 4.81. The molecule has 1 aromatic rings. The molecule has 0 radical (unpaired) electrons. The molecule has 0 saturated heterocycles. The van der Waals surface area contributed by atoms with Crippen molar-refractivity contribution in [3.05, 3.63) is 11.7 Å². The molecule has 1 aliphatic carbocycles. The predicted octanol–water partition coefficient (Wildman–Crippen LogP) is 3.13. The van der Waals surface area contributed by atoms with Crippen LogP contribution in [0.1, 0.15) is 58.7 Å². The van der Waals surface area contributed by atoms with Crippen LogP contribution in [0, 0.1) is 0 Å². The third-order valence-electron chi connectivity index (χ3n) is 3.49. The fraction of sp³-hybridized carbons (Fsp3) is 0.857. The first-order valence-corrected chi connectivity index (χ1v) is 8.23. The Morgan fingerprint density at radius 1 is 1.37 bits per heavy atom. The van der Waals surface area contributed by atoms with E-state index in [0.717, 1.165) is 11.1 Å². The van der Waals surface area contributed by atoms with Gasteiger partial charge in [0.2, 0.25) is 5.89 Å². The van der Waals surface area contributed by atoms with E-state index in [1.54, 1.807) is 0 Å². The third kappa shape index (κ3) is 3.96. The molecule has 108 valence electrons. The molecule has 19 heavy (non-hydrogen) atoms. The van der Waals surface area contributed by atoms with Crippen LogP contribution in [0.25, 0.3) is 0 Å². The Labute approximate surface area is 120 Å². The van der Waals surface area contributed by atoms with Gasteiger partial charge in [0.1, 0.15) is 0 Å². The maximum absolute atomic E-state index is 5.32. The lowest BCUT2D eigenvalue weighted by molar-refractivity contribution is 0.347. The standard InChI is InChI=1S/C14H25N3OS/c1-5-19-11-8-6-7-10(11)15-9-12-16-13(17-18-12)14(2,3)4/h10-11,15H,5-9H2,1-4H3/t10-,11+/m0/s1. The lowest BCUT2D eigenvalue weighted by Crippen LogP contribution is -2.33. The van der Waals surface area contributed by atoms with Crippen LogP contribution in [0.5, 0.6) is 0 Å². The Kier molecular flexibility index (Phi) is 4.90. The van der Waals surface area contributed by atoms with Crippen molar-refractivity contribution < 1.29 is 4.52 Å². The van der Waals surface area contributed by atoms with Gasteiger partial charge in [0.15, 0.2) is 5.82 Å². The van der Waals surface area contributed by atoms with Gasteiger partial charge in [-0.25, -0.2) is 0 Å². The van der Waals surface area contributed by atoms with Gasteiger partial charge >= 0.3 is 0 Å². The average molecular weight is 283 g/mol. The van der Waals surface area contributed by atoms with E-state index in [4.69, 9.17) is 4.52 Å². The summed E-state index contributed by atoms with van der Waals surface area (Å²) in [4.78, 5) is 4.47. The van der Waals surface area contributed by atoms with Crippen molar-refractivity contribution in [1.29, 1.82) is 0 Å². The summed E-state index contributed by atoms with van der Waals surface area (Å²) in [6.45, 7) is 9.21. The highest BCUT2D eigenvalue weighted by Crippen LogP contribution is 2.30. The number of hydrogen-bond donors (Lipinski definition) is 1. The van der Waals surface area contributed by atoms with Crippen LogP contribution in [-0.2, 0) is 12.0 Å². The zero-order valence-electron chi connectivity index (χ0n) is 12.4. The van der Waals surface area contributed by atoms with Crippen molar-refractivity contribution in [3.63, 3.8) is 0 Å². The second-order valence-electron chi connectivity index (χ2n) is 6.17. The van der Waals surface area contributed by atoms with Crippen LogP contribution >= 0.6 is 11.8 Å². The van der Waals surface area contributed by atoms with Gasteiger partial charge < -0.3 is 9.84 Å². The van der Waals surface area contributed by atoms with Gasteiger partial charge in [0.05, 0.1) is 6.54 Å². The minimum Gasteiger partial charge on any atom is -0.338 e. The van der Waals surface area contributed by atoms with E-state index in [9.17, 15) is 0 Å². The van der Waals surface area contributed by atoms with Crippen LogP contribution in [0.2, 0.25) is 0 Å². The summed E-state index contributed by atoms with van der Waals surface area (Å²) < 4.78 is 5.32. The first kappa shape index (κ1) is 14.9. The summed E-state index contributed by atoms with van der Waals surface area (Å²) in [5.74, 6) is 2.68. The number of nitrogens with zero attached hydrogens (tertiary/aromatic N) is 2. The smallest absolute Gasteiger partial charge is 0.240 e. The molecule has 1 saturated carbocycles. The molecule has 0 aliphatic heterocycles. The average Bonchev–Trinajstić information content (AvgIpc) is 2.94. The van der Waals surface area contributed by atoms with E-state index in [0.29, 0.717) is 18.5 Å². The summed E-state index contributed by atoms with van der Waals surface area (Å²) in [5.41, 5.74) is -0.0459. The lowest BCUT2D eigenvalue weighted by atomic mass is 9.96. The first-order valence-electron chi connectivity index (χ1n) is 7.18. The second kappa shape index (κ2) is 6.27. The maximum atomic E-state index is 5.32. The number of thioether (sulfide) groups is 1. The molecule has 1 aliphatic rings. The zero-order chi connectivity index (χ0) is 13.9. The molecule has 0 amide bonds. The molecule has 2 rings (SSSR count). The minimum absolute atomic E-state index is 0.0459. The highest BCUT2D eigenvalue weighted by atomic mass is 32.2. The number of nitrogens with one attached hydrogen (secondary N) is 1. The van der Waals surface area contributed by atoms with Crippen molar-refractivity contribution in [2.75, 3.05) is 5.75 Å². The van der Waals surface area contributed by atoms with Gasteiger partial charge in [-0.2, -0.15) is 16.7 Å². The summed E-state index contributed by atoms with van der Waals surface area (Å²) in [7, 11) is 0. The SMILES string of the molecule is CCS[C@@H]1CCC[C@@H]1NCc1nc(C(C)(C)C)no1. The van der Waals surface area contributed by atoms with Crippen LogP contribution < -0.4 is 5.32 Å². The van der Waals surface area contributed by atoms with E-state index < -0.39 is 0 Å². The molecule has 1 heterocycles. The monoisotopic (exact) mass is 283 g/mol. The summed E-state index contributed by atoms with van der Waals surface area (Å²) in [6, 6.07) is 0.593. The zero-order valence-corrected chi connectivity index (χ0v) is 13.2. The van der Waals surface area contributed by atoms with Gasteiger partial charge in [-0.15, -0.1) is 0 Å². The normalized spacial score (nSPS) is 24.0. The Balaban J connectivity index is 1.87. The van der Waals surface area contributed by atoms with Crippen LogP contribution in [-0.4, -0.2) is 27.2 Å². The Morgan fingerprint density at radius 3 is 2.79 bits per heavy atom. The van der Waals surface area contributed by atoms with Crippen LogP contribution in [0.15, 0.2) is 4.52 Å². The highest BCUT2D eigenvalue weighted by molar-refractivity contribution is 7.99. The summed E-state index contributed by atoms with van der Waals surface area (Å²) in [5, 5.41) is 8.38. The van der Waals surface area contributed by atoms with E-state index >= 15 is 0 Å². The first-order chi connectivity index (χ1) is 9.00. The molecule has 1 aromatic heterocycles. The molecule has 1 fully saturated rings. The largest absolute Gasteiger partial charge is 0.338 e. The molecule has 5 heteroatoms. The summed E-state index contributed by atoms with van der Waals surface area (Å²) in [6.07, 6.45) is 3.91. The van der Waals surface area contributed by atoms with Crippen LogP contribution in [0.3, 0.4) is 0 Å². The molecular weight excluding hydrogens is 258 g/mol. The van der Waals surface area contributed by atoms with Gasteiger partial charge in [-0.3, -0.25) is 0 Å². The Morgan fingerprint density at radius 2 is 2.16 bits per heavy atom. The van der Waals surface area contributed by atoms with E-state index in [1.807, 2.05) is 0 Å². The molecule has 2 atom stereocenters. The van der Waals surface area contributed by atoms with Gasteiger partial charge in [-0.05, 0) is 18.6 Å². The molecule has 0 spiro atoms. The number of hydrogen-bond acceptors (Lipinski definition) is 5. The molecular formula is C14H25N3OS. The summed E-state index contributed by atoms with van der Waals surface area (Å²) >= 11 is 2.06. The number of aromatic nitrogens is 2. The molecule has 0 aromatic carbocycles. The van der Waals surface area contributed by atoms with Gasteiger partial charge in [0.25, 0.3) is 0 Å². The molecule has 0 unspecified atom stereocenters. The van der Waals surface area contributed by atoms with E-state index in [-0.39, 0.29) is 5.41 Å². The lowest BCUT2D eigenvalue weighted by Gasteiger charge is -2.19. The molecule has 0 bridgehead atoms. The van der Waals surface area contributed by atoms with Gasteiger partial charge in [-0.1, -0.05) is 39.3 Å². The second-order valence-corrected chi connectivity index (χ2v) is 7.69. The van der Waals surface area contributed by atoms with E-state index in [1.165, 1.54) is 25.0 Å². The predicted molar refractivity (Wildman–Crippen MR) is 79.4 cm³/mol. The molecule has 4 nitrogen and oxygen atoms in total. The highest BCUT2D eigenvalue weighted by Gasteiger charge is 2.27. The Bertz CT molecular complexity index is 400. The minimum atomic E-state index is -0.0459. The topological polar surface area (TPSA) is 51.0 Å². The van der Waals surface area contributed by atoms with Crippen molar-refractivity contribution in [2.45, 2.75) is 70.2 Å². The number of rotatable bonds is 5. The van der Waals surface area contributed by atoms with Crippen molar-refractivity contribution >= 4 is 11.8 Å². The maximum Gasteiger partial charge on any atom is 0.240 e. The van der Waals surface area contributed by atoms with Crippen molar-refractivity contribution in [3.8, 4) is 0 Å². The fourth-order valence-electron chi connectivity index (χ4n) is 2.42. The van der Waals surface area contributed by atoms with Crippen molar-refractivity contribution in [2.24, 2.45) is 0 Å². The fourth-order valence-corrected chi connectivity index (χ4v) is 3.65. The quantitative estimate of drug-likeness (QED) is 0.899. The Hall–Kier alpha value is -0.550.